The number of carbonyl (C=O) groups excluding carboxylic acids is 1. The standard InChI is InChI=1S/C23H14Cl2N2O/c24-15-7-5-14(6-8-15)22-19-13-27(17-11-9-16(25)10-12-17)23(28)21(19)18-3-1-2-4-20(18)26-22/h1-12H,13H2. The maximum absolute atomic E-state index is 13.4. The Morgan fingerprint density at radius 2 is 1.46 bits per heavy atom. The van der Waals surface area contributed by atoms with Crippen molar-refractivity contribution in [2.75, 3.05) is 4.90 Å². The van der Waals surface area contributed by atoms with E-state index in [0.717, 1.165) is 33.4 Å². The lowest BCUT2D eigenvalue weighted by Gasteiger charge is -2.15. The van der Waals surface area contributed by atoms with Crippen LogP contribution in [0.5, 0.6) is 0 Å². The highest BCUT2D eigenvalue weighted by Crippen LogP contribution is 2.38. The predicted molar refractivity (Wildman–Crippen MR) is 114 cm³/mol. The van der Waals surface area contributed by atoms with E-state index >= 15 is 0 Å². The molecule has 0 bridgehead atoms. The maximum Gasteiger partial charge on any atom is 0.259 e. The van der Waals surface area contributed by atoms with Gasteiger partial charge in [0.05, 0.1) is 23.3 Å². The fraction of sp³-hybridized carbons (Fsp3) is 0.0435. The summed E-state index contributed by atoms with van der Waals surface area (Å²) in [5.74, 6) is -0.0221. The van der Waals surface area contributed by atoms with Crippen molar-refractivity contribution < 1.29 is 4.79 Å². The van der Waals surface area contributed by atoms with Crippen LogP contribution in [-0.2, 0) is 6.54 Å². The number of hydrogen-bond donors (Lipinski definition) is 0. The van der Waals surface area contributed by atoms with Crippen LogP contribution in [-0.4, -0.2) is 10.9 Å². The lowest BCUT2D eigenvalue weighted by Crippen LogP contribution is -2.22. The molecule has 0 spiro atoms. The normalized spacial score (nSPS) is 13.2. The first-order valence-corrected chi connectivity index (χ1v) is 9.62. The van der Waals surface area contributed by atoms with Gasteiger partial charge < -0.3 is 4.90 Å². The third-order valence-corrected chi connectivity index (χ3v) is 5.53. The molecule has 28 heavy (non-hydrogen) atoms. The van der Waals surface area contributed by atoms with E-state index in [2.05, 4.69) is 0 Å². The van der Waals surface area contributed by atoms with Gasteiger partial charge in [-0.15, -0.1) is 0 Å². The highest BCUT2D eigenvalue weighted by molar-refractivity contribution is 6.31. The molecule has 1 aromatic heterocycles. The van der Waals surface area contributed by atoms with Crippen LogP contribution >= 0.6 is 23.2 Å². The molecule has 136 valence electrons. The van der Waals surface area contributed by atoms with E-state index in [9.17, 15) is 4.79 Å². The molecule has 0 aliphatic carbocycles. The average Bonchev–Trinajstić information content (AvgIpc) is 3.06. The Morgan fingerprint density at radius 1 is 0.821 bits per heavy atom. The SMILES string of the molecule is O=C1c2c(c(-c3ccc(Cl)cc3)nc3ccccc23)CN1c1ccc(Cl)cc1. The fourth-order valence-corrected chi connectivity index (χ4v) is 3.94. The molecule has 1 aliphatic heterocycles. The Kier molecular flexibility index (Phi) is 4.08. The Balaban J connectivity index is 1.73. The summed E-state index contributed by atoms with van der Waals surface area (Å²) in [4.78, 5) is 20.0. The smallest absolute Gasteiger partial charge is 0.259 e. The minimum atomic E-state index is -0.0221. The quantitative estimate of drug-likeness (QED) is 0.388. The maximum atomic E-state index is 13.4. The minimum absolute atomic E-state index is 0.0221. The number of aromatic nitrogens is 1. The number of rotatable bonds is 2. The number of halogens is 2. The number of amides is 1. The minimum Gasteiger partial charge on any atom is -0.304 e. The molecule has 2 heterocycles. The van der Waals surface area contributed by atoms with Gasteiger partial charge in [0.25, 0.3) is 5.91 Å². The van der Waals surface area contributed by atoms with E-state index in [1.165, 1.54) is 0 Å². The topological polar surface area (TPSA) is 33.2 Å². The van der Waals surface area contributed by atoms with E-state index in [1.807, 2.05) is 60.7 Å². The van der Waals surface area contributed by atoms with Crippen LogP contribution in [0.15, 0.2) is 72.8 Å². The van der Waals surface area contributed by atoms with Gasteiger partial charge in [-0.1, -0.05) is 53.5 Å². The van der Waals surface area contributed by atoms with Gasteiger partial charge >= 0.3 is 0 Å². The number of carbonyl (C=O) groups is 1. The van der Waals surface area contributed by atoms with E-state index in [0.29, 0.717) is 22.2 Å². The summed E-state index contributed by atoms with van der Waals surface area (Å²) in [6, 6.07) is 22.6. The van der Waals surface area contributed by atoms with Gasteiger partial charge in [0.15, 0.2) is 0 Å². The number of nitrogens with zero attached hydrogens (tertiary/aromatic N) is 2. The molecular weight excluding hydrogens is 391 g/mol. The molecule has 0 saturated carbocycles. The molecule has 1 aliphatic rings. The van der Waals surface area contributed by atoms with E-state index in [-0.39, 0.29) is 5.91 Å². The molecule has 5 rings (SSSR count). The van der Waals surface area contributed by atoms with Crippen molar-refractivity contribution in [2.45, 2.75) is 6.54 Å². The van der Waals surface area contributed by atoms with Crippen molar-refractivity contribution in [1.29, 1.82) is 0 Å². The van der Waals surface area contributed by atoms with Crippen molar-refractivity contribution in [2.24, 2.45) is 0 Å². The third-order valence-electron chi connectivity index (χ3n) is 5.02. The van der Waals surface area contributed by atoms with Crippen molar-refractivity contribution in [3.8, 4) is 11.3 Å². The zero-order valence-corrected chi connectivity index (χ0v) is 16.2. The van der Waals surface area contributed by atoms with Crippen molar-refractivity contribution in [1.82, 2.24) is 4.98 Å². The molecule has 4 aromatic rings. The number of fused-ring (bicyclic) bond motifs is 3. The average molecular weight is 405 g/mol. The highest BCUT2D eigenvalue weighted by atomic mass is 35.5. The molecule has 3 nitrogen and oxygen atoms in total. The Hall–Kier alpha value is -2.88. The van der Waals surface area contributed by atoms with Crippen LogP contribution in [0.2, 0.25) is 10.0 Å². The molecule has 0 saturated heterocycles. The van der Waals surface area contributed by atoms with Crippen LogP contribution in [0.1, 0.15) is 15.9 Å². The van der Waals surface area contributed by atoms with Crippen molar-refractivity contribution in [3.05, 3.63) is 94.0 Å². The molecule has 0 unspecified atom stereocenters. The Morgan fingerprint density at radius 3 is 2.18 bits per heavy atom. The molecular formula is C23H14Cl2N2O. The number of para-hydroxylation sites is 1. The van der Waals surface area contributed by atoms with Crippen LogP contribution in [0, 0.1) is 0 Å². The van der Waals surface area contributed by atoms with Crippen molar-refractivity contribution in [3.63, 3.8) is 0 Å². The van der Waals surface area contributed by atoms with E-state index in [1.54, 1.807) is 17.0 Å². The zero-order valence-electron chi connectivity index (χ0n) is 14.7. The van der Waals surface area contributed by atoms with Gasteiger partial charge in [-0.05, 0) is 42.5 Å². The summed E-state index contributed by atoms with van der Waals surface area (Å²) >= 11 is 12.1. The monoisotopic (exact) mass is 404 g/mol. The van der Waals surface area contributed by atoms with Crippen molar-refractivity contribution >= 4 is 45.7 Å². The van der Waals surface area contributed by atoms with Gasteiger partial charge in [0, 0.05) is 32.2 Å². The lowest BCUT2D eigenvalue weighted by atomic mass is 9.99. The molecule has 0 radical (unpaired) electrons. The number of anilines is 1. The van der Waals surface area contributed by atoms with Crippen LogP contribution in [0.4, 0.5) is 5.69 Å². The second-order valence-corrected chi connectivity index (χ2v) is 7.58. The molecule has 1 amide bonds. The fourth-order valence-electron chi connectivity index (χ4n) is 3.69. The number of pyridine rings is 1. The third kappa shape index (κ3) is 2.75. The van der Waals surface area contributed by atoms with Gasteiger partial charge in [-0.25, -0.2) is 4.98 Å². The molecule has 0 N–H and O–H groups in total. The van der Waals surface area contributed by atoms with Crippen LogP contribution < -0.4 is 4.90 Å². The summed E-state index contributed by atoms with van der Waals surface area (Å²) in [7, 11) is 0. The number of benzene rings is 3. The largest absolute Gasteiger partial charge is 0.304 e. The van der Waals surface area contributed by atoms with Crippen LogP contribution in [0.25, 0.3) is 22.2 Å². The second kappa shape index (κ2) is 6.62. The molecule has 3 aromatic carbocycles. The summed E-state index contributed by atoms with van der Waals surface area (Å²) in [6.07, 6.45) is 0. The first-order chi connectivity index (χ1) is 13.6. The van der Waals surface area contributed by atoms with Gasteiger partial charge in [-0.3, -0.25) is 4.79 Å². The molecule has 0 fully saturated rings. The summed E-state index contributed by atoms with van der Waals surface area (Å²) in [5.41, 5.74) is 5.02. The highest BCUT2D eigenvalue weighted by Gasteiger charge is 2.33. The van der Waals surface area contributed by atoms with Crippen LogP contribution in [0.3, 0.4) is 0 Å². The van der Waals surface area contributed by atoms with Gasteiger partial charge in [0.1, 0.15) is 0 Å². The molecule has 0 atom stereocenters. The van der Waals surface area contributed by atoms with Gasteiger partial charge in [0.2, 0.25) is 0 Å². The Bertz CT molecular complexity index is 1220. The first kappa shape index (κ1) is 17.2. The second-order valence-electron chi connectivity index (χ2n) is 6.71. The summed E-state index contributed by atoms with van der Waals surface area (Å²) in [5, 5.41) is 2.18. The summed E-state index contributed by atoms with van der Waals surface area (Å²) in [6.45, 7) is 0.464. The first-order valence-electron chi connectivity index (χ1n) is 8.87. The van der Waals surface area contributed by atoms with E-state index in [4.69, 9.17) is 28.2 Å². The lowest BCUT2D eigenvalue weighted by molar-refractivity contribution is 0.0998. The Labute approximate surface area is 172 Å². The number of hydrogen-bond acceptors (Lipinski definition) is 2. The van der Waals surface area contributed by atoms with E-state index < -0.39 is 0 Å². The predicted octanol–water partition coefficient (Wildman–Crippen LogP) is 6.37. The zero-order chi connectivity index (χ0) is 19.3. The van der Waals surface area contributed by atoms with Gasteiger partial charge in [-0.2, -0.15) is 0 Å². The molecule has 5 heteroatoms. The summed E-state index contributed by atoms with van der Waals surface area (Å²) < 4.78 is 0.